The maximum Gasteiger partial charge on any atom is 0.330 e. The molecule has 0 amide bonds. The number of hydrogen-bond acceptors (Lipinski definition) is 6. The molecule has 0 fully saturated rings. The van der Waals surface area contributed by atoms with Crippen molar-refractivity contribution in [2.45, 2.75) is 18.2 Å². The normalized spacial score (nSPS) is 11.3. The molecule has 28 heavy (non-hydrogen) atoms. The van der Waals surface area contributed by atoms with Crippen molar-refractivity contribution in [2.75, 3.05) is 26.1 Å². The highest BCUT2D eigenvalue weighted by Gasteiger charge is 2.24. The van der Waals surface area contributed by atoms with Crippen LogP contribution in [-0.4, -0.2) is 35.7 Å². The first-order valence-corrected chi connectivity index (χ1v) is 9.97. The van der Waals surface area contributed by atoms with Gasteiger partial charge in [-0.3, -0.25) is 4.72 Å². The molecule has 0 aliphatic rings. The highest BCUT2D eigenvalue weighted by atomic mass is 32.2. The average Bonchev–Trinajstić information content (AvgIpc) is 2.71. The van der Waals surface area contributed by atoms with E-state index >= 15 is 0 Å². The Kier molecular flexibility index (Phi) is 7.06. The summed E-state index contributed by atoms with van der Waals surface area (Å²) in [6, 6.07) is 10.1. The van der Waals surface area contributed by atoms with Crippen molar-refractivity contribution in [3.8, 4) is 11.5 Å². The predicted molar refractivity (Wildman–Crippen MR) is 107 cm³/mol. The quantitative estimate of drug-likeness (QED) is 0.535. The maximum absolute atomic E-state index is 13.1. The second-order valence-electron chi connectivity index (χ2n) is 5.73. The third-order valence-corrected chi connectivity index (χ3v) is 5.38. The van der Waals surface area contributed by atoms with Gasteiger partial charge in [-0.05, 0) is 41.8 Å². The summed E-state index contributed by atoms with van der Waals surface area (Å²) in [5, 5.41) is 0. The first-order valence-electron chi connectivity index (χ1n) is 8.49. The van der Waals surface area contributed by atoms with E-state index in [4.69, 9.17) is 9.47 Å². The molecule has 7 nitrogen and oxygen atoms in total. The van der Waals surface area contributed by atoms with E-state index in [0.29, 0.717) is 17.7 Å². The van der Waals surface area contributed by atoms with Gasteiger partial charge in [0.25, 0.3) is 10.0 Å². The Hall–Kier alpha value is -3.00. The van der Waals surface area contributed by atoms with Crippen molar-refractivity contribution < 1.29 is 27.4 Å². The number of benzene rings is 2. The number of ether oxygens (including phenoxy) is 3. The number of rotatable bonds is 8. The summed E-state index contributed by atoms with van der Waals surface area (Å²) < 4.78 is 43.9. The van der Waals surface area contributed by atoms with E-state index in [9.17, 15) is 13.2 Å². The van der Waals surface area contributed by atoms with E-state index in [0.717, 1.165) is 5.56 Å². The Labute approximate surface area is 165 Å². The number of para-hydroxylation sites is 1. The van der Waals surface area contributed by atoms with Gasteiger partial charge < -0.3 is 14.2 Å². The third kappa shape index (κ3) is 4.83. The van der Waals surface area contributed by atoms with Crippen LogP contribution in [0.3, 0.4) is 0 Å². The van der Waals surface area contributed by atoms with Gasteiger partial charge in [0.2, 0.25) is 0 Å². The van der Waals surface area contributed by atoms with Crippen LogP contribution in [0.15, 0.2) is 47.4 Å². The van der Waals surface area contributed by atoms with Gasteiger partial charge in [-0.1, -0.05) is 25.1 Å². The molecule has 0 atom stereocenters. The van der Waals surface area contributed by atoms with E-state index in [1.807, 2.05) is 19.1 Å². The molecule has 2 rings (SSSR count). The fraction of sp³-hybridized carbons (Fsp3) is 0.250. The van der Waals surface area contributed by atoms with Crippen LogP contribution in [0, 0.1) is 0 Å². The average molecular weight is 405 g/mol. The number of hydrogen-bond donors (Lipinski definition) is 1. The van der Waals surface area contributed by atoms with Crippen LogP contribution in [0.2, 0.25) is 0 Å². The summed E-state index contributed by atoms with van der Waals surface area (Å²) in [6.45, 7) is 1.94. The highest BCUT2D eigenvalue weighted by Crippen LogP contribution is 2.37. The molecule has 0 saturated carbocycles. The van der Waals surface area contributed by atoms with Gasteiger partial charge >= 0.3 is 5.97 Å². The van der Waals surface area contributed by atoms with Crippen LogP contribution >= 0.6 is 0 Å². The van der Waals surface area contributed by atoms with Crippen molar-refractivity contribution in [3.63, 3.8) is 0 Å². The largest absolute Gasteiger partial charge is 0.493 e. The van der Waals surface area contributed by atoms with Gasteiger partial charge in [-0.15, -0.1) is 0 Å². The van der Waals surface area contributed by atoms with Gasteiger partial charge in [0.05, 0.1) is 27.0 Å². The summed E-state index contributed by atoms with van der Waals surface area (Å²) in [5.41, 5.74) is 1.78. The van der Waals surface area contributed by atoms with Crippen LogP contribution in [0.5, 0.6) is 11.5 Å². The Morgan fingerprint density at radius 2 is 1.82 bits per heavy atom. The molecule has 0 spiro atoms. The molecular formula is C20H23NO6S. The van der Waals surface area contributed by atoms with Crippen molar-refractivity contribution in [2.24, 2.45) is 0 Å². The fourth-order valence-corrected chi connectivity index (χ4v) is 3.92. The van der Waals surface area contributed by atoms with Crippen molar-refractivity contribution in [1.29, 1.82) is 0 Å². The fourth-order valence-electron chi connectivity index (χ4n) is 2.61. The minimum atomic E-state index is -3.99. The second-order valence-corrected chi connectivity index (χ2v) is 7.38. The third-order valence-electron chi connectivity index (χ3n) is 4.01. The molecule has 0 heterocycles. The Morgan fingerprint density at radius 3 is 2.43 bits per heavy atom. The first-order chi connectivity index (χ1) is 13.4. The standard InChI is InChI=1S/C20H23NO6S/c1-5-15-8-6-7-9-16(15)21-28(23,24)18-13-14(10-11-19(22)26-3)12-17(25-2)20(18)27-4/h6-13,21H,5H2,1-4H3/b11-10+. The van der Waals surface area contributed by atoms with Crippen LogP contribution in [0.4, 0.5) is 5.69 Å². The zero-order chi connectivity index (χ0) is 20.7. The van der Waals surface area contributed by atoms with Crippen molar-refractivity contribution >= 4 is 27.8 Å². The maximum atomic E-state index is 13.1. The molecule has 8 heteroatoms. The number of carbonyl (C=O) groups excluding carboxylic acids is 1. The number of esters is 1. The van der Waals surface area contributed by atoms with E-state index in [1.165, 1.54) is 39.5 Å². The Morgan fingerprint density at radius 1 is 1.11 bits per heavy atom. The summed E-state index contributed by atoms with van der Waals surface area (Å²) in [6.07, 6.45) is 3.30. The van der Waals surface area contributed by atoms with Crippen LogP contribution in [0.25, 0.3) is 6.08 Å². The molecule has 0 radical (unpaired) electrons. The summed E-state index contributed by atoms with van der Waals surface area (Å²) >= 11 is 0. The summed E-state index contributed by atoms with van der Waals surface area (Å²) in [4.78, 5) is 11.3. The molecule has 0 aromatic heterocycles. The van der Waals surface area contributed by atoms with E-state index < -0.39 is 16.0 Å². The molecule has 0 saturated heterocycles. The molecule has 0 unspecified atom stereocenters. The Bertz CT molecular complexity index is 982. The zero-order valence-electron chi connectivity index (χ0n) is 16.2. The van der Waals surface area contributed by atoms with Crippen molar-refractivity contribution in [3.05, 3.63) is 53.6 Å². The lowest BCUT2D eigenvalue weighted by atomic mass is 10.1. The van der Waals surface area contributed by atoms with Gasteiger partial charge in [0, 0.05) is 6.08 Å². The minimum Gasteiger partial charge on any atom is -0.493 e. The Balaban J connectivity index is 2.57. The van der Waals surface area contributed by atoms with Crippen LogP contribution in [0.1, 0.15) is 18.1 Å². The molecule has 2 aromatic rings. The van der Waals surface area contributed by atoms with Gasteiger partial charge in [-0.25, -0.2) is 13.2 Å². The molecule has 2 aromatic carbocycles. The summed E-state index contributed by atoms with van der Waals surface area (Å²) in [7, 11) is 0.0298. The molecule has 0 bridgehead atoms. The minimum absolute atomic E-state index is 0.0687. The summed E-state index contributed by atoms with van der Waals surface area (Å²) in [5.74, 6) is -0.271. The lowest BCUT2D eigenvalue weighted by molar-refractivity contribution is -0.134. The lowest BCUT2D eigenvalue weighted by Gasteiger charge is -2.16. The second kappa shape index (κ2) is 9.27. The van der Waals surface area contributed by atoms with Gasteiger partial charge in [0.1, 0.15) is 4.90 Å². The monoisotopic (exact) mass is 405 g/mol. The number of nitrogens with one attached hydrogen (secondary N) is 1. The topological polar surface area (TPSA) is 90.9 Å². The number of sulfonamides is 1. The van der Waals surface area contributed by atoms with Crippen LogP contribution in [-0.2, 0) is 26.0 Å². The molecule has 0 aliphatic heterocycles. The lowest BCUT2D eigenvalue weighted by Crippen LogP contribution is -2.16. The van der Waals surface area contributed by atoms with Gasteiger partial charge in [-0.2, -0.15) is 0 Å². The highest BCUT2D eigenvalue weighted by molar-refractivity contribution is 7.92. The van der Waals surface area contributed by atoms with E-state index in [2.05, 4.69) is 9.46 Å². The molecule has 150 valence electrons. The molecular weight excluding hydrogens is 382 g/mol. The van der Waals surface area contributed by atoms with E-state index in [1.54, 1.807) is 18.2 Å². The number of methoxy groups -OCH3 is 3. The molecule has 1 N–H and O–H groups in total. The number of aryl methyl sites for hydroxylation is 1. The smallest absolute Gasteiger partial charge is 0.330 e. The zero-order valence-corrected chi connectivity index (χ0v) is 17.0. The van der Waals surface area contributed by atoms with Crippen LogP contribution < -0.4 is 14.2 Å². The SMILES string of the molecule is CCc1ccccc1NS(=O)(=O)c1cc(/C=C/C(=O)OC)cc(OC)c1OC. The predicted octanol–water partition coefficient (Wildman–Crippen LogP) is 3.25. The van der Waals surface area contributed by atoms with Gasteiger partial charge in [0.15, 0.2) is 11.5 Å². The molecule has 0 aliphatic carbocycles. The van der Waals surface area contributed by atoms with Crippen molar-refractivity contribution in [1.82, 2.24) is 0 Å². The van der Waals surface area contributed by atoms with E-state index in [-0.39, 0.29) is 16.4 Å². The number of carbonyl (C=O) groups is 1. The first kappa shape index (κ1) is 21.3. The number of anilines is 1.